The second-order valence-corrected chi connectivity index (χ2v) is 5.30. The molecule has 2 aromatic carbocycles. The van der Waals surface area contributed by atoms with Crippen molar-refractivity contribution in [1.82, 2.24) is 10.6 Å². The van der Waals surface area contributed by atoms with Gasteiger partial charge in [0.05, 0.1) is 6.61 Å². The van der Waals surface area contributed by atoms with Crippen LogP contribution in [0.3, 0.4) is 0 Å². The summed E-state index contributed by atoms with van der Waals surface area (Å²) in [6.45, 7) is -0.00232. The lowest BCUT2D eigenvalue weighted by Gasteiger charge is -2.12. The normalized spacial score (nSPS) is 10.4. The van der Waals surface area contributed by atoms with Gasteiger partial charge in [0, 0.05) is 25.4 Å². The third-order valence-corrected chi connectivity index (χ3v) is 3.67. The number of nitrogens with one attached hydrogen (secondary N) is 2. The zero-order valence-corrected chi connectivity index (χ0v) is 13.7. The van der Waals surface area contributed by atoms with Gasteiger partial charge in [0.25, 0.3) is 5.91 Å². The Balaban J connectivity index is 2.14. The maximum atomic E-state index is 11.6. The maximum absolute atomic E-state index is 11.6. The standard InChI is InChI=1S/C18H22N2O4/c1-19-17(22)9-8-13-4-2-6-15-14(13)5-3-7-16(15)24-12-18(23)20-10-11-21/h2-7,21H,8-12H2,1H3,(H,19,22)(H,20,23). The quantitative estimate of drug-likeness (QED) is 0.674. The highest BCUT2D eigenvalue weighted by Crippen LogP contribution is 2.28. The van der Waals surface area contributed by atoms with E-state index in [1.807, 2.05) is 36.4 Å². The fourth-order valence-corrected chi connectivity index (χ4v) is 2.45. The molecule has 0 spiro atoms. The Bertz CT molecular complexity index is 715. The first-order valence-corrected chi connectivity index (χ1v) is 7.87. The minimum Gasteiger partial charge on any atom is -0.483 e. The number of aryl methyl sites for hydroxylation is 1. The Morgan fingerprint density at radius 3 is 2.58 bits per heavy atom. The zero-order chi connectivity index (χ0) is 17.4. The maximum Gasteiger partial charge on any atom is 0.258 e. The molecule has 128 valence electrons. The van der Waals surface area contributed by atoms with E-state index in [0.717, 1.165) is 16.3 Å². The summed E-state index contributed by atoms with van der Waals surface area (Å²) >= 11 is 0. The molecule has 0 unspecified atom stereocenters. The first-order chi connectivity index (χ1) is 11.7. The van der Waals surface area contributed by atoms with Crippen LogP contribution in [0.1, 0.15) is 12.0 Å². The summed E-state index contributed by atoms with van der Waals surface area (Å²) in [4.78, 5) is 23.1. The molecule has 6 nitrogen and oxygen atoms in total. The second-order valence-electron chi connectivity index (χ2n) is 5.30. The molecule has 0 bridgehead atoms. The average molecular weight is 330 g/mol. The fraction of sp³-hybridized carbons (Fsp3) is 0.333. The van der Waals surface area contributed by atoms with Gasteiger partial charge in [-0.1, -0.05) is 30.3 Å². The Hall–Kier alpha value is -2.60. The fourth-order valence-electron chi connectivity index (χ4n) is 2.45. The Morgan fingerprint density at radius 2 is 1.83 bits per heavy atom. The van der Waals surface area contributed by atoms with Gasteiger partial charge in [-0.25, -0.2) is 0 Å². The van der Waals surface area contributed by atoms with Gasteiger partial charge in [-0.05, 0) is 23.4 Å². The molecular weight excluding hydrogens is 308 g/mol. The van der Waals surface area contributed by atoms with Crippen LogP contribution in [0.5, 0.6) is 5.75 Å². The number of carbonyl (C=O) groups is 2. The van der Waals surface area contributed by atoms with Gasteiger partial charge in [-0.3, -0.25) is 9.59 Å². The number of fused-ring (bicyclic) bond motifs is 1. The van der Waals surface area contributed by atoms with E-state index < -0.39 is 0 Å². The Labute approximate surface area is 140 Å². The van der Waals surface area contributed by atoms with Crippen molar-refractivity contribution in [2.45, 2.75) is 12.8 Å². The van der Waals surface area contributed by atoms with Crippen molar-refractivity contribution < 1.29 is 19.4 Å². The molecule has 0 aliphatic rings. The van der Waals surface area contributed by atoms with E-state index >= 15 is 0 Å². The summed E-state index contributed by atoms with van der Waals surface area (Å²) < 4.78 is 5.61. The topological polar surface area (TPSA) is 87.7 Å². The van der Waals surface area contributed by atoms with Gasteiger partial charge < -0.3 is 20.5 Å². The van der Waals surface area contributed by atoms with Crippen LogP contribution in [0, 0.1) is 0 Å². The molecule has 0 aromatic heterocycles. The van der Waals surface area contributed by atoms with Crippen molar-refractivity contribution in [3.63, 3.8) is 0 Å². The molecule has 0 heterocycles. The van der Waals surface area contributed by atoms with Crippen LogP contribution in [-0.4, -0.2) is 43.7 Å². The number of benzene rings is 2. The van der Waals surface area contributed by atoms with Crippen LogP contribution in [0.15, 0.2) is 36.4 Å². The van der Waals surface area contributed by atoms with Crippen LogP contribution in [0.2, 0.25) is 0 Å². The summed E-state index contributed by atoms with van der Waals surface area (Å²) in [5, 5.41) is 15.8. The zero-order valence-electron chi connectivity index (χ0n) is 13.7. The van der Waals surface area contributed by atoms with Crippen LogP contribution in [0.25, 0.3) is 10.8 Å². The van der Waals surface area contributed by atoms with Crippen LogP contribution >= 0.6 is 0 Å². The number of aliphatic hydroxyl groups excluding tert-OH is 1. The van der Waals surface area contributed by atoms with Gasteiger partial charge in [0.15, 0.2) is 6.61 Å². The largest absolute Gasteiger partial charge is 0.483 e. The molecule has 0 fully saturated rings. The number of carbonyl (C=O) groups excluding carboxylic acids is 2. The summed E-state index contributed by atoms with van der Waals surface area (Å²) in [5.41, 5.74) is 1.06. The smallest absolute Gasteiger partial charge is 0.258 e. The minimum absolute atomic E-state index is 0.0000351. The SMILES string of the molecule is CNC(=O)CCc1cccc2c(OCC(=O)NCCO)cccc12. The van der Waals surface area contributed by atoms with Crippen LogP contribution in [0.4, 0.5) is 0 Å². The van der Waals surface area contributed by atoms with Gasteiger partial charge in [-0.15, -0.1) is 0 Å². The first-order valence-electron chi connectivity index (χ1n) is 7.87. The Kier molecular flexibility index (Phi) is 6.57. The summed E-state index contributed by atoms with van der Waals surface area (Å²) in [6.07, 6.45) is 1.06. The lowest BCUT2D eigenvalue weighted by Crippen LogP contribution is -2.31. The van der Waals surface area contributed by atoms with Crippen LogP contribution in [-0.2, 0) is 16.0 Å². The second kappa shape index (κ2) is 8.88. The lowest BCUT2D eigenvalue weighted by atomic mass is 10.00. The molecule has 6 heteroatoms. The predicted octanol–water partition coefficient (Wildman–Crippen LogP) is 1.01. The third kappa shape index (κ3) is 4.70. The molecule has 24 heavy (non-hydrogen) atoms. The van der Waals surface area contributed by atoms with Gasteiger partial charge in [-0.2, -0.15) is 0 Å². The summed E-state index contributed by atoms with van der Waals surface area (Å²) in [5.74, 6) is 0.338. The highest BCUT2D eigenvalue weighted by atomic mass is 16.5. The Morgan fingerprint density at radius 1 is 1.08 bits per heavy atom. The molecule has 0 aliphatic carbocycles. The molecule has 3 N–H and O–H groups in total. The highest BCUT2D eigenvalue weighted by Gasteiger charge is 2.09. The van der Waals surface area contributed by atoms with Crippen molar-refractivity contribution in [2.24, 2.45) is 0 Å². The molecule has 0 atom stereocenters. The molecule has 2 rings (SSSR count). The van der Waals surface area contributed by atoms with E-state index in [-0.39, 0.29) is 31.6 Å². The van der Waals surface area contributed by atoms with E-state index in [2.05, 4.69) is 10.6 Å². The van der Waals surface area contributed by atoms with Crippen molar-refractivity contribution in [3.8, 4) is 5.75 Å². The van der Waals surface area contributed by atoms with E-state index in [1.54, 1.807) is 7.05 Å². The van der Waals surface area contributed by atoms with E-state index in [0.29, 0.717) is 18.6 Å². The van der Waals surface area contributed by atoms with Crippen molar-refractivity contribution in [3.05, 3.63) is 42.0 Å². The van der Waals surface area contributed by atoms with Gasteiger partial charge in [0.1, 0.15) is 5.75 Å². The van der Waals surface area contributed by atoms with Crippen molar-refractivity contribution >= 4 is 22.6 Å². The monoisotopic (exact) mass is 330 g/mol. The van der Waals surface area contributed by atoms with Crippen molar-refractivity contribution in [2.75, 3.05) is 26.8 Å². The number of hydrogen-bond donors (Lipinski definition) is 3. The molecule has 2 amide bonds. The molecule has 0 aliphatic heterocycles. The van der Waals surface area contributed by atoms with Gasteiger partial charge in [0.2, 0.25) is 5.91 Å². The molecular formula is C18H22N2O4. The number of amides is 2. The summed E-state index contributed by atoms with van der Waals surface area (Å²) in [6, 6.07) is 11.5. The van der Waals surface area contributed by atoms with E-state index in [4.69, 9.17) is 9.84 Å². The summed E-state index contributed by atoms with van der Waals surface area (Å²) in [7, 11) is 1.62. The van der Waals surface area contributed by atoms with E-state index in [1.165, 1.54) is 0 Å². The predicted molar refractivity (Wildman–Crippen MR) is 91.9 cm³/mol. The van der Waals surface area contributed by atoms with Gasteiger partial charge >= 0.3 is 0 Å². The van der Waals surface area contributed by atoms with Crippen LogP contribution < -0.4 is 15.4 Å². The molecule has 0 saturated carbocycles. The van der Waals surface area contributed by atoms with Crippen molar-refractivity contribution in [1.29, 1.82) is 0 Å². The minimum atomic E-state index is -0.281. The van der Waals surface area contributed by atoms with E-state index in [9.17, 15) is 9.59 Å². The third-order valence-electron chi connectivity index (χ3n) is 3.67. The number of hydrogen-bond acceptors (Lipinski definition) is 4. The number of rotatable bonds is 8. The first kappa shape index (κ1) is 17.7. The lowest BCUT2D eigenvalue weighted by molar-refractivity contribution is -0.123. The average Bonchev–Trinajstić information content (AvgIpc) is 2.62. The molecule has 0 saturated heterocycles. The highest BCUT2D eigenvalue weighted by molar-refractivity contribution is 5.91. The number of aliphatic hydroxyl groups is 1. The molecule has 0 radical (unpaired) electrons. The molecule has 2 aromatic rings. The number of ether oxygens (including phenoxy) is 1.